The lowest BCUT2D eigenvalue weighted by atomic mass is 9.83. The highest BCUT2D eigenvalue weighted by Crippen LogP contribution is 2.50. The summed E-state index contributed by atoms with van der Waals surface area (Å²) in [5, 5.41) is -9.87. The van der Waals surface area contributed by atoms with E-state index in [1.807, 2.05) is 0 Å². The van der Waals surface area contributed by atoms with E-state index in [4.69, 9.17) is 56.8 Å². The number of rotatable bonds is 5. The number of para-hydroxylation sites is 2. The van der Waals surface area contributed by atoms with Crippen molar-refractivity contribution in [3.63, 3.8) is 0 Å². The lowest BCUT2D eigenvalue weighted by Gasteiger charge is -2.19. The van der Waals surface area contributed by atoms with Gasteiger partial charge < -0.3 is 8.83 Å². The van der Waals surface area contributed by atoms with E-state index in [-0.39, 0.29) is 0 Å². The maximum atomic E-state index is 9.92. The van der Waals surface area contributed by atoms with Crippen LogP contribution in [-0.4, -0.2) is 0 Å². The SMILES string of the molecule is [2H]c1c([2H])c([2H])c(-c2c([2H])c(-c3c4c([2H])c([2H])c([2H])c([2H])c4c(-c4c([2H])c([2H])c([2H])c5oc6c([2H])c([2H])c([2H])c([2H])c6c45)c4c([2H])c([2H])c([2H])c([2H])c34)c([2H])c3c([2H])c([2H])c([2H])c([2H])c23)c([2H])c1[2H].[2H]c1c([2H])c([2H])c2c(oc3c([2H])c([2H])c([2H])c(-c4c5c([2H])c([2H])c([2H])c([2H])c5c(-c5c([2H])c([2H])c([2H])c6c([2H])c([2H])c([2H])c([2H])c56)c5c([2H])c([2H])c([2H])c([2H])c45)c32)c1[2H]. The van der Waals surface area contributed by atoms with Gasteiger partial charge in [0.05, 0.1) is 65.8 Å². The van der Waals surface area contributed by atoms with Crippen LogP contribution < -0.4 is 0 Å². The minimum Gasteiger partial charge on any atom is -0.456 e. The second kappa shape index (κ2) is 18.6. The molecule has 0 N–H and O–H groups in total. The Morgan fingerprint density at radius 3 is 1.01 bits per heavy atom. The molecule has 0 saturated carbocycles. The number of benzene rings is 15. The van der Waals surface area contributed by atoms with E-state index in [2.05, 4.69) is 0 Å². The first kappa shape index (κ1) is 18.6. The first-order valence-electron chi connectivity index (χ1n) is 47.6. The van der Waals surface area contributed by atoms with E-state index < -0.39 is 454 Å². The lowest BCUT2D eigenvalue weighted by molar-refractivity contribution is 0.668. The Bertz CT molecular complexity index is 8070. The van der Waals surface area contributed by atoms with Crippen molar-refractivity contribution in [2.75, 3.05) is 0 Å². The molecule has 0 radical (unpaired) electrons. The third kappa shape index (κ3) is 7.20. The van der Waals surface area contributed by atoms with Crippen molar-refractivity contribution in [1.29, 1.82) is 0 Å². The van der Waals surface area contributed by atoms with Gasteiger partial charge in [0.1, 0.15) is 22.3 Å². The summed E-state index contributed by atoms with van der Waals surface area (Å²) in [7, 11) is 0. The molecule has 2 heterocycles. The maximum absolute atomic E-state index is 9.92. The second-order valence-corrected chi connectivity index (χ2v) is 17.3. The van der Waals surface area contributed by atoms with Gasteiger partial charge in [0.15, 0.2) is 0 Å². The minimum atomic E-state index is -1.06. The maximum Gasteiger partial charge on any atom is 0.136 e. The van der Waals surface area contributed by atoms with Gasteiger partial charge in [0, 0.05) is 21.5 Å². The van der Waals surface area contributed by atoms with Gasteiger partial charge in [-0.15, -0.1) is 0 Å². The van der Waals surface area contributed by atoms with Crippen LogP contribution in [0, 0.1) is 0 Å². The van der Waals surface area contributed by atoms with E-state index >= 15 is 0 Å². The van der Waals surface area contributed by atoms with Gasteiger partial charge in [0.2, 0.25) is 0 Å². The van der Waals surface area contributed by atoms with Crippen LogP contribution in [0.1, 0.15) is 65.8 Å². The van der Waals surface area contributed by atoms with Crippen LogP contribution in [0.5, 0.6) is 0 Å². The van der Waals surface area contributed by atoms with Crippen LogP contribution in [0.15, 0.2) is 299 Å². The molecular weight excluding hydrogens is 969 g/mol. The molecule has 0 spiro atoms. The Balaban J connectivity index is 0.000000190. The molecule has 15 aromatic carbocycles. The normalized spacial score (nSPS) is 20.1. The number of hydrogen-bond acceptors (Lipinski definition) is 2. The molecule has 372 valence electrons. The topological polar surface area (TPSA) is 26.3 Å². The molecule has 0 aliphatic rings. The summed E-state index contributed by atoms with van der Waals surface area (Å²) in [6.45, 7) is 0. The predicted octanol–water partition coefficient (Wildman–Crippen LogP) is 22.4. The van der Waals surface area contributed by atoms with Gasteiger partial charge in [0.25, 0.3) is 0 Å². The highest BCUT2D eigenvalue weighted by atomic mass is 16.3. The monoisotopic (exact) mass is 1060 g/mol. The standard InChI is InChI=1S/C42H26O.C36H22O/c1-2-13-27(14-3-1)37-26-29(25-28-15-4-5-16-30(28)37)40-31-17-6-8-19-33(31)41(34-20-9-7-18-32(34)40)36-22-12-24-39-42(36)35-21-10-11-23-38(35)43-39;1-2-13-24-23(11-1)12-9-19-25(24)34-26-14-3-5-16-28(26)35(29-17-6-4-15-27(29)34)31-20-10-22-33-36(31)30-18-7-8-21-32(30)37-33/h1-26H;1-22H/i1D,2D,3D,4D,5D,6D,7D,8D,9D,10D,11D,12D,13D,14D,15D,16D,17D,18D,19D,20D,21D,22D,23D,24D,25D,26D;1D,2D,3D,4D,5D,6D,7D,8D,9D,10D,11D,12D,13D,14D,15D,16D,17D,18D,19D,20D,21D,22D. The molecule has 0 fully saturated rings. The lowest BCUT2D eigenvalue weighted by Crippen LogP contribution is -1.92. The number of hydrogen-bond donors (Lipinski definition) is 0. The van der Waals surface area contributed by atoms with Crippen LogP contribution in [-0.2, 0) is 0 Å². The molecule has 17 rings (SSSR count). The Morgan fingerprint density at radius 1 is 0.200 bits per heavy atom. The van der Waals surface area contributed by atoms with Crippen molar-refractivity contribution in [2.45, 2.75) is 0 Å². The van der Waals surface area contributed by atoms with Gasteiger partial charge in [-0.3, -0.25) is 0 Å². The van der Waals surface area contributed by atoms with Crippen LogP contribution in [0.25, 0.3) is 164 Å². The van der Waals surface area contributed by atoms with Gasteiger partial charge in [-0.2, -0.15) is 0 Å². The Hall–Kier alpha value is -10.5. The predicted molar refractivity (Wildman–Crippen MR) is 340 cm³/mol. The summed E-state index contributed by atoms with van der Waals surface area (Å²) in [6, 6.07) is -43.0. The van der Waals surface area contributed by atoms with E-state index in [0.29, 0.717) is 0 Å². The zero-order valence-corrected chi connectivity index (χ0v) is 39.8. The Morgan fingerprint density at radius 2 is 0.525 bits per heavy atom. The van der Waals surface area contributed by atoms with Crippen LogP contribution in [0.2, 0.25) is 0 Å². The summed E-state index contributed by atoms with van der Waals surface area (Å²) in [4.78, 5) is 0. The molecule has 0 amide bonds. The van der Waals surface area contributed by atoms with E-state index in [1.54, 1.807) is 0 Å². The highest BCUT2D eigenvalue weighted by Gasteiger charge is 2.23. The fraction of sp³-hybridized carbons (Fsp3) is 0. The molecule has 0 unspecified atom stereocenters. The van der Waals surface area contributed by atoms with E-state index in [9.17, 15) is 17.8 Å². The van der Waals surface area contributed by atoms with Crippen molar-refractivity contribution in [3.8, 4) is 55.6 Å². The molecule has 0 bridgehead atoms. The first-order valence-corrected chi connectivity index (χ1v) is 23.6. The minimum absolute atomic E-state index is 0.421. The smallest absolute Gasteiger partial charge is 0.136 e. The van der Waals surface area contributed by atoms with Gasteiger partial charge in [-0.25, -0.2) is 0 Å². The van der Waals surface area contributed by atoms with Crippen molar-refractivity contribution < 1.29 is 74.6 Å². The second-order valence-electron chi connectivity index (χ2n) is 17.3. The molecule has 80 heavy (non-hydrogen) atoms. The average molecular weight is 1070 g/mol. The van der Waals surface area contributed by atoms with Crippen LogP contribution in [0.4, 0.5) is 0 Å². The van der Waals surface area contributed by atoms with Gasteiger partial charge in [-0.05, 0) is 157 Å². The first-order chi connectivity index (χ1) is 59.7. The summed E-state index contributed by atoms with van der Waals surface area (Å²) >= 11 is 0. The number of fused-ring (bicyclic) bond motifs is 12. The molecule has 2 aromatic heterocycles. The zero-order valence-electron chi connectivity index (χ0n) is 87.8. The fourth-order valence-electron chi connectivity index (χ4n) is 9.97. The molecule has 0 atom stereocenters. The Labute approximate surface area is 529 Å². The molecule has 2 heteroatoms. The summed E-state index contributed by atoms with van der Waals surface area (Å²) in [6.07, 6.45) is 0. The zero-order chi connectivity index (χ0) is 94.4. The third-order valence-corrected chi connectivity index (χ3v) is 13.1. The van der Waals surface area contributed by atoms with Crippen LogP contribution >= 0.6 is 0 Å². The summed E-state index contributed by atoms with van der Waals surface area (Å²) < 4.78 is 439. The molecule has 0 saturated heterocycles. The van der Waals surface area contributed by atoms with E-state index in [0.717, 1.165) is 0 Å². The van der Waals surface area contributed by atoms with E-state index in [1.165, 1.54) is 0 Å². The molecular formula is C78H48O2. The molecule has 2 nitrogen and oxygen atoms in total. The highest BCUT2D eigenvalue weighted by molar-refractivity contribution is 6.28. The largest absolute Gasteiger partial charge is 0.456 e. The molecule has 0 aliphatic heterocycles. The summed E-state index contributed by atoms with van der Waals surface area (Å²) in [5.74, 6) is 0. The van der Waals surface area contributed by atoms with Gasteiger partial charge in [-0.1, -0.05) is 254 Å². The fourth-order valence-corrected chi connectivity index (χ4v) is 9.97. The van der Waals surface area contributed by atoms with Crippen molar-refractivity contribution in [2.24, 2.45) is 0 Å². The van der Waals surface area contributed by atoms with Crippen molar-refractivity contribution in [3.05, 3.63) is 290 Å². The van der Waals surface area contributed by atoms with Crippen molar-refractivity contribution >= 4 is 109 Å². The Kier molecular flexibility index (Phi) is 4.31. The number of furan rings is 2. The average Bonchev–Trinajstić information content (AvgIpc) is 1.03. The molecule has 17 aromatic rings. The van der Waals surface area contributed by atoms with Crippen molar-refractivity contribution in [1.82, 2.24) is 0 Å². The third-order valence-electron chi connectivity index (χ3n) is 13.1. The quantitative estimate of drug-likeness (QED) is 0.161. The van der Waals surface area contributed by atoms with Gasteiger partial charge >= 0.3 is 0 Å². The summed E-state index contributed by atoms with van der Waals surface area (Å²) in [5.41, 5.74) is -9.24. The molecule has 0 aliphatic carbocycles. The van der Waals surface area contributed by atoms with Crippen LogP contribution in [0.3, 0.4) is 0 Å².